The number of carbonyl (C=O) groups is 1. The summed E-state index contributed by atoms with van der Waals surface area (Å²) in [5, 5.41) is 16.6. The molecular formula is C20H14N4O7S2. The molecule has 2 aromatic carbocycles. The van der Waals surface area contributed by atoms with Crippen LogP contribution in [0.5, 0.6) is 0 Å². The highest BCUT2D eigenvalue weighted by Crippen LogP contribution is 2.24. The Hall–Kier alpha value is -4.10. The number of nitro groups is 1. The zero-order chi connectivity index (χ0) is 23.4. The van der Waals surface area contributed by atoms with E-state index in [4.69, 9.17) is 9.26 Å². The van der Waals surface area contributed by atoms with Crippen LogP contribution in [0.3, 0.4) is 0 Å². The zero-order valence-electron chi connectivity index (χ0n) is 16.6. The number of rotatable bonds is 8. The van der Waals surface area contributed by atoms with E-state index < -0.39 is 20.9 Å². The van der Waals surface area contributed by atoms with Gasteiger partial charge in [0.25, 0.3) is 21.6 Å². The van der Waals surface area contributed by atoms with Crippen molar-refractivity contribution in [3.63, 3.8) is 0 Å². The normalized spacial score (nSPS) is 11.2. The molecule has 2 aromatic heterocycles. The molecule has 0 saturated carbocycles. The molecule has 0 bridgehead atoms. The van der Waals surface area contributed by atoms with Gasteiger partial charge in [-0.2, -0.15) is 4.98 Å². The summed E-state index contributed by atoms with van der Waals surface area (Å²) in [5.74, 6) is -0.397. The monoisotopic (exact) mass is 486 g/mol. The number of anilines is 1. The quantitative estimate of drug-likeness (QED) is 0.222. The van der Waals surface area contributed by atoms with Crippen molar-refractivity contribution in [1.82, 2.24) is 10.1 Å². The first kappa shape index (κ1) is 22.1. The van der Waals surface area contributed by atoms with Gasteiger partial charge in [0.1, 0.15) is 0 Å². The Labute approximate surface area is 190 Å². The van der Waals surface area contributed by atoms with Crippen LogP contribution in [0.4, 0.5) is 11.4 Å². The van der Waals surface area contributed by atoms with E-state index in [1.807, 2.05) is 17.5 Å². The van der Waals surface area contributed by atoms with E-state index in [9.17, 15) is 23.3 Å². The number of nitrogens with zero attached hydrogens (tertiary/aromatic N) is 3. The number of thiophene rings is 1. The molecule has 0 radical (unpaired) electrons. The topological polar surface area (TPSA) is 155 Å². The van der Waals surface area contributed by atoms with Gasteiger partial charge in [0.05, 0.1) is 25.9 Å². The van der Waals surface area contributed by atoms with Crippen molar-refractivity contribution in [2.75, 3.05) is 4.72 Å². The summed E-state index contributed by atoms with van der Waals surface area (Å²) in [7, 11) is -4.22. The summed E-state index contributed by atoms with van der Waals surface area (Å²) in [6, 6.07) is 14.0. The van der Waals surface area contributed by atoms with Crippen LogP contribution in [0.15, 0.2) is 75.5 Å². The molecule has 4 rings (SSSR count). The van der Waals surface area contributed by atoms with Gasteiger partial charge in [-0.25, -0.2) is 13.2 Å². The molecule has 0 aliphatic rings. The van der Waals surface area contributed by atoms with Crippen LogP contribution in [-0.4, -0.2) is 29.5 Å². The number of non-ortho nitro benzene ring substituents is 1. The second-order valence-corrected chi connectivity index (χ2v) is 9.10. The van der Waals surface area contributed by atoms with Crippen molar-refractivity contribution in [3.05, 3.63) is 87.6 Å². The number of benzene rings is 2. The molecule has 11 nitrogen and oxygen atoms in total. The molecule has 0 fully saturated rings. The standard InChI is InChI=1S/C20H14N4O7S2/c25-20(30-12-18-21-19(22-31-18)17-9-4-10-32-17)15-7-1-2-8-16(15)23-33(28,29)14-6-3-5-13(11-14)24(26)27/h1-11,23H,12H2. The molecule has 0 aliphatic carbocycles. The Kier molecular flexibility index (Phi) is 6.15. The smallest absolute Gasteiger partial charge is 0.340 e. The van der Waals surface area contributed by atoms with Gasteiger partial charge in [0.2, 0.25) is 5.82 Å². The number of sulfonamides is 1. The third kappa shape index (κ3) is 5.05. The second kappa shape index (κ2) is 9.18. The maximum absolute atomic E-state index is 12.7. The molecule has 0 atom stereocenters. The second-order valence-electron chi connectivity index (χ2n) is 6.47. The first-order valence-corrected chi connectivity index (χ1v) is 11.6. The molecular weight excluding hydrogens is 472 g/mol. The van der Waals surface area contributed by atoms with E-state index in [0.29, 0.717) is 5.82 Å². The number of hydrogen-bond acceptors (Lipinski definition) is 10. The van der Waals surface area contributed by atoms with Gasteiger partial charge in [-0.05, 0) is 29.6 Å². The van der Waals surface area contributed by atoms with Crippen LogP contribution >= 0.6 is 11.3 Å². The Morgan fingerprint density at radius 2 is 1.97 bits per heavy atom. The first-order chi connectivity index (χ1) is 15.8. The van der Waals surface area contributed by atoms with Gasteiger partial charge in [-0.3, -0.25) is 14.8 Å². The van der Waals surface area contributed by atoms with E-state index in [0.717, 1.165) is 10.9 Å². The Morgan fingerprint density at radius 1 is 1.15 bits per heavy atom. The van der Waals surface area contributed by atoms with Crippen LogP contribution in [0.25, 0.3) is 10.7 Å². The van der Waals surface area contributed by atoms with Gasteiger partial charge in [-0.1, -0.05) is 29.4 Å². The number of hydrogen-bond donors (Lipinski definition) is 1. The lowest BCUT2D eigenvalue weighted by Crippen LogP contribution is -2.16. The Balaban J connectivity index is 1.49. The van der Waals surface area contributed by atoms with Crippen LogP contribution in [-0.2, 0) is 21.4 Å². The SMILES string of the molecule is O=C(OCc1nc(-c2cccs2)no1)c1ccccc1NS(=O)(=O)c1cccc([N+](=O)[O-])c1. The predicted octanol–water partition coefficient (Wildman–Crippen LogP) is 3.86. The molecule has 0 unspecified atom stereocenters. The summed E-state index contributed by atoms with van der Waals surface area (Å²) in [4.78, 5) is 27.5. The predicted molar refractivity (Wildman–Crippen MR) is 117 cm³/mol. The molecule has 0 spiro atoms. The van der Waals surface area contributed by atoms with Crippen molar-refractivity contribution in [2.24, 2.45) is 0 Å². The highest BCUT2D eigenvalue weighted by atomic mass is 32.2. The largest absolute Gasteiger partial charge is 0.452 e. The maximum atomic E-state index is 12.7. The highest BCUT2D eigenvalue weighted by molar-refractivity contribution is 7.92. The van der Waals surface area contributed by atoms with Gasteiger partial charge in [-0.15, -0.1) is 11.3 Å². The fourth-order valence-electron chi connectivity index (χ4n) is 2.74. The fraction of sp³-hybridized carbons (Fsp3) is 0.0500. The van der Waals surface area contributed by atoms with E-state index in [1.165, 1.54) is 53.8 Å². The molecule has 0 aliphatic heterocycles. The molecule has 168 valence electrons. The number of aromatic nitrogens is 2. The number of nitrogens with one attached hydrogen (secondary N) is 1. The lowest BCUT2D eigenvalue weighted by molar-refractivity contribution is -0.385. The maximum Gasteiger partial charge on any atom is 0.340 e. The summed E-state index contributed by atoms with van der Waals surface area (Å²) in [6.07, 6.45) is 0. The van der Waals surface area contributed by atoms with E-state index in [2.05, 4.69) is 14.9 Å². The summed E-state index contributed by atoms with van der Waals surface area (Å²) in [6.45, 7) is -0.316. The fourth-order valence-corrected chi connectivity index (χ4v) is 4.51. The lowest BCUT2D eigenvalue weighted by Gasteiger charge is -2.12. The van der Waals surface area contributed by atoms with Crippen LogP contribution in [0.1, 0.15) is 16.2 Å². The van der Waals surface area contributed by atoms with Gasteiger partial charge >= 0.3 is 5.97 Å². The average molecular weight is 486 g/mol. The van der Waals surface area contributed by atoms with Crippen molar-refractivity contribution in [3.8, 4) is 10.7 Å². The van der Waals surface area contributed by atoms with Crippen molar-refractivity contribution in [1.29, 1.82) is 0 Å². The molecule has 1 N–H and O–H groups in total. The number of ether oxygens (including phenoxy) is 1. The number of nitro benzene ring substituents is 1. The minimum Gasteiger partial charge on any atom is -0.452 e. The van der Waals surface area contributed by atoms with Crippen LogP contribution in [0.2, 0.25) is 0 Å². The van der Waals surface area contributed by atoms with E-state index in [1.54, 1.807) is 0 Å². The molecule has 2 heterocycles. The zero-order valence-corrected chi connectivity index (χ0v) is 18.2. The van der Waals surface area contributed by atoms with Crippen molar-refractivity contribution in [2.45, 2.75) is 11.5 Å². The first-order valence-electron chi connectivity index (χ1n) is 9.23. The van der Waals surface area contributed by atoms with Crippen LogP contribution < -0.4 is 4.72 Å². The summed E-state index contributed by atoms with van der Waals surface area (Å²) >= 11 is 1.42. The van der Waals surface area contributed by atoms with Crippen molar-refractivity contribution < 1.29 is 27.4 Å². The molecule has 0 amide bonds. The number of carbonyl (C=O) groups excluding carboxylic acids is 1. The highest BCUT2D eigenvalue weighted by Gasteiger charge is 2.22. The third-order valence-electron chi connectivity index (χ3n) is 4.27. The van der Waals surface area contributed by atoms with E-state index >= 15 is 0 Å². The lowest BCUT2D eigenvalue weighted by atomic mass is 10.2. The minimum atomic E-state index is -4.22. The number of esters is 1. The van der Waals surface area contributed by atoms with Gasteiger partial charge in [0.15, 0.2) is 6.61 Å². The summed E-state index contributed by atoms with van der Waals surface area (Å²) < 4.78 is 38.0. The number of para-hydroxylation sites is 1. The molecule has 13 heteroatoms. The van der Waals surface area contributed by atoms with Gasteiger partial charge in [0, 0.05) is 12.1 Å². The van der Waals surface area contributed by atoms with Crippen LogP contribution in [0, 0.1) is 10.1 Å². The molecule has 0 saturated heterocycles. The minimum absolute atomic E-state index is 0.0567. The van der Waals surface area contributed by atoms with Gasteiger partial charge < -0.3 is 9.26 Å². The van der Waals surface area contributed by atoms with E-state index in [-0.39, 0.29) is 34.3 Å². The Morgan fingerprint density at radius 3 is 2.73 bits per heavy atom. The third-order valence-corrected chi connectivity index (χ3v) is 6.50. The average Bonchev–Trinajstić information content (AvgIpc) is 3.50. The summed E-state index contributed by atoms with van der Waals surface area (Å²) in [5.41, 5.74) is -0.504. The molecule has 4 aromatic rings. The Bertz CT molecular complexity index is 1420. The molecule has 33 heavy (non-hydrogen) atoms. The van der Waals surface area contributed by atoms with Crippen molar-refractivity contribution >= 4 is 38.7 Å².